The first-order chi connectivity index (χ1) is 8.03. The van der Waals surface area contributed by atoms with Crippen molar-refractivity contribution in [1.29, 1.82) is 5.26 Å². The minimum atomic E-state index is -0.390. The van der Waals surface area contributed by atoms with Crippen LogP contribution >= 0.6 is 0 Å². The number of carbonyl (C=O) groups excluding carboxylic acids is 1. The van der Waals surface area contributed by atoms with Crippen LogP contribution in [0, 0.1) is 16.7 Å². The van der Waals surface area contributed by atoms with Gasteiger partial charge in [0.15, 0.2) is 0 Å². The van der Waals surface area contributed by atoms with Crippen molar-refractivity contribution in [3.8, 4) is 6.07 Å². The SMILES string of the molecule is CC1(C)COC(=O)N[C@@H]1c1ccc(C#N)cc1. The van der Waals surface area contributed by atoms with Crippen molar-refractivity contribution in [1.82, 2.24) is 5.32 Å². The second-order valence-electron chi connectivity index (χ2n) is 4.88. The zero-order valence-electron chi connectivity index (χ0n) is 9.86. The lowest BCUT2D eigenvalue weighted by molar-refractivity contribution is 0.0387. The van der Waals surface area contributed by atoms with Gasteiger partial charge in [0, 0.05) is 5.41 Å². The van der Waals surface area contributed by atoms with Crippen LogP contribution in [-0.2, 0) is 4.74 Å². The standard InChI is InChI=1S/C13H14N2O2/c1-13(2)8-17-12(16)15-11(13)10-5-3-9(7-14)4-6-10/h3-6,11H,8H2,1-2H3,(H,15,16)/t11-/m1/s1. The molecule has 1 aliphatic rings. The molecule has 0 spiro atoms. The molecule has 1 amide bonds. The number of cyclic esters (lactones) is 1. The van der Waals surface area contributed by atoms with E-state index in [1.54, 1.807) is 12.1 Å². The molecule has 2 rings (SSSR count). The highest BCUT2D eigenvalue weighted by atomic mass is 16.6. The second kappa shape index (κ2) is 4.10. The van der Waals surface area contributed by atoms with Gasteiger partial charge in [0.05, 0.1) is 17.7 Å². The summed E-state index contributed by atoms with van der Waals surface area (Å²) in [5.74, 6) is 0. The van der Waals surface area contributed by atoms with Gasteiger partial charge in [-0.3, -0.25) is 0 Å². The third kappa shape index (κ3) is 2.23. The average Bonchev–Trinajstić information content (AvgIpc) is 2.33. The molecule has 4 heteroatoms. The summed E-state index contributed by atoms with van der Waals surface area (Å²) in [5, 5.41) is 11.6. The summed E-state index contributed by atoms with van der Waals surface area (Å²) in [6.07, 6.45) is -0.390. The predicted molar refractivity (Wildman–Crippen MR) is 62.2 cm³/mol. The number of benzene rings is 1. The minimum absolute atomic E-state index is 0.0866. The van der Waals surface area contributed by atoms with Crippen LogP contribution in [-0.4, -0.2) is 12.7 Å². The maximum Gasteiger partial charge on any atom is 0.407 e. The Bertz CT molecular complexity index is 471. The van der Waals surface area contributed by atoms with Gasteiger partial charge in [0.25, 0.3) is 0 Å². The summed E-state index contributed by atoms with van der Waals surface area (Å²) in [6, 6.07) is 9.25. The Balaban J connectivity index is 2.30. The normalized spacial score (nSPS) is 22.2. The van der Waals surface area contributed by atoms with Crippen molar-refractivity contribution in [3.05, 3.63) is 35.4 Å². The number of nitrogens with one attached hydrogen (secondary N) is 1. The maximum absolute atomic E-state index is 11.3. The van der Waals surface area contributed by atoms with Crippen molar-refractivity contribution >= 4 is 6.09 Å². The van der Waals surface area contributed by atoms with Gasteiger partial charge < -0.3 is 10.1 Å². The largest absolute Gasteiger partial charge is 0.449 e. The van der Waals surface area contributed by atoms with E-state index in [9.17, 15) is 4.79 Å². The molecular weight excluding hydrogens is 216 g/mol. The molecule has 17 heavy (non-hydrogen) atoms. The van der Waals surface area contributed by atoms with E-state index >= 15 is 0 Å². The Hall–Kier alpha value is -2.02. The number of alkyl carbamates (subject to hydrolysis) is 1. The third-order valence-electron chi connectivity index (χ3n) is 2.99. The van der Waals surface area contributed by atoms with Gasteiger partial charge in [-0.05, 0) is 17.7 Å². The molecule has 0 radical (unpaired) electrons. The van der Waals surface area contributed by atoms with E-state index in [-0.39, 0.29) is 11.5 Å². The number of ether oxygens (including phenoxy) is 1. The highest BCUT2D eigenvalue weighted by Crippen LogP contribution is 2.36. The van der Waals surface area contributed by atoms with Gasteiger partial charge in [0.1, 0.15) is 6.61 Å². The fourth-order valence-electron chi connectivity index (χ4n) is 1.97. The molecule has 1 heterocycles. The maximum atomic E-state index is 11.3. The number of hydrogen-bond acceptors (Lipinski definition) is 3. The molecule has 4 nitrogen and oxygen atoms in total. The number of nitrogens with zero attached hydrogens (tertiary/aromatic N) is 1. The summed E-state index contributed by atoms with van der Waals surface area (Å²) in [4.78, 5) is 11.3. The Kier molecular flexibility index (Phi) is 2.76. The van der Waals surface area contributed by atoms with Crippen molar-refractivity contribution in [2.75, 3.05) is 6.61 Å². The van der Waals surface area contributed by atoms with Crippen molar-refractivity contribution in [3.63, 3.8) is 0 Å². The lowest BCUT2D eigenvalue weighted by Gasteiger charge is -2.38. The van der Waals surface area contributed by atoms with E-state index in [1.807, 2.05) is 26.0 Å². The first kappa shape index (κ1) is 11.5. The van der Waals surface area contributed by atoms with Crippen LogP contribution in [0.3, 0.4) is 0 Å². The highest BCUT2D eigenvalue weighted by molar-refractivity contribution is 5.69. The molecule has 1 aromatic rings. The monoisotopic (exact) mass is 230 g/mol. The van der Waals surface area contributed by atoms with E-state index < -0.39 is 6.09 Å². The number of nitriles is 1. The summed E-state index contributed by atoms with van der Waals surface area (Å²) < 4.78 is 4.99. The van der Waals surface area contributed by atoms with E-state index in [4.69, 9.17) is 10.00 Å². The van der Waals surface area contributed by atoms with Crippen molar-refractivity contribution in [2.45, 2.75) is 19.9 Å². The fraction of sp³-hybridized carbons (Fsp3) is 0.385. The molecule has 0 aliphatic carbocycles. The van der Waals surface area contributed by atoms with Crippen LogP contribution in [0.1, 0.15) is 31.0 Å². The van der Waals surface area contributed by atoms with E-state index in [0.29, 0.717) is 12.2 Å². The molecule has 1 atom stereocenters. The number of amides is 1. The van der Waals surface area contributed by atoms with Crippen molar-refractivity contribution in [2.24, 2.45) is 5.41 Å². The van der Waals surface area contributed by atoms with Crippen LogP contribution in [0.4, 0.5) is 4.79 Å². The van der Waals surface area contributed by atoms with Gasteiger partial charge in [-0.2, -0.15) is 5.26 Å². The number of hydrogen-bond donors (Lipinski definition) is 1. The Morgan fingerprint density at radius 1 is 1.41 bits per heavy atom. The summed E-state index contributed by atoms with van der Waals surface area (Å²) in [7, 11) is 0. The molecule has 88 valence electrons. The highest BCUT2D eigenvalue weighted by Gasteiger charge is 2.37. The minimum Gasteiger partial charge on any atom is -0.449 e. The van der Waals surface area contributed by atoms with Gasteiger partial charge in [-0.1, -0.05) is 26.0 Å². The molecule has 0 aromatic heterocycles. The zero-order valence-corrected chi connectivity index (χ0v) is 9.86. The summed E-state index contributed by atoms with van der Waals surface area (Å²) in [6.45, 7) is 4.47. The molecular formula is C13H14N2O2. The van der Waals surface area contributed by atoms with E-state index in [0.717, 1.165) is 5.56 Å². The van der Waals surface area contributed by atoms with Crippen LogP contribution in [0.5, 0.6) is 0 Å². The first-order valence-corrected chi connectivity index (χ1v) is 5.46. The van der Waals surface area contributed by atoms with Crippen LogP contribution in [0.2, 0.25) is 0 Å². The molecule has 0 unspecified atom stereocenters. The third-order valence-corrected chi connectivity index (χ3v) is 2.99. The zero-order chi connectivity index (χ0) is 12.5. The van der Waals surface area contributed by atoms with Gasteiger partial charge >= 0.3 is 6.09 Å². The second-order valence-corrected chi connectivity index (χ2v) is 4.88. The van der Waals surface area contributed by atoms with Gasteiger partial charge in [0.2, 0.25) is 0 Å². The lowest BCUT2D eigenvalue weighted by atomic mass is 9.80. The van der Waals surface area contributed by atoms with Crippen molar-refractivity contribution < 1.29 is 9.53 Å². The van der Waals surface area contributed by atoms with Gasteiger partial charge in [-0.15, -0.1) is 0 Å². The Morgan fingerprint density at radius 2 is 2.06 bits per heavy atom. The molecule has 1 saturated heterocycles. The lowest BCUT2D eigenvalue weighted by Crippen LogP contribution is -2.46. The molecule has 1 aliphatic heterocycles. The smallest absolute Gasteiger partial charge is 0.407 e. The number of rotatable bonds is 1. The predicted octanol–water partition coefficient (Wildman–Crippen LogP) is 2.37. The molecule has 1 fully saturated rings. The Morgan fingerprint density at radius 3 is 2.65 bits per heavy atom. The molecule has 1 aromatic carbocycles. The van der Waals surface area contributed by atoms with Crippen LogP contribution in [0.25, 0.3) is 0 Å². The summed E-state index contributed by atoms with van der Waals surface area (Å²) >= 11 is 0. The van der Waals surface area contributed by atoms with E-state index in [1.165, 1.54) is 0 Å². The average molecular weight is 230 g/mol. The van der Waals surface area contributed by atoms with E-state index in [2.05, 4.69) is 11.4 Å². The summed E-state index contributed by atoms with van der Waals surface area (Å²) in [5.41, 5.74) is 1.44. The molecule has 0 saturated carbocycles. The van der Waals surface area contributed by atoms with Crippen LogP contribution in [0.15, 0.2) is 24.3 Å². The fourth-order valence-corrected chi connectivity index (χ4v) is 1.97. The van der Waals surface area contributed by atoms with Gasteiger partial charge in [-0.25, -0.2) is 4.79 Å². The number of carbonyl (C=O) groups is 1. The molecule has 0 bridgehead atoms. The van der Waals surface area contributed by atoms with Crippen LogP contribution < -0.4 is 5.32 Å². The topological polar surface area (TPSA) is 62.1 Å². The molecule has 1 N–H and O–H groups in total. The Labute approximate surface area is 100 Å². The quantitative estimate of drug-likeness (QED) is 0.805. The first-order valence-electron chi connectivity index (χ1n) is 5.46.